The molecule has 0 amide bonds. The van der Waals surface area contributed by atoms with Gasteiger partial charge in [-0.05, 0) is 39.0 Å². The van der Waals surface area contributed by atoms with E-state index in [1.807, 2.05) is 0 Å². The molecule has 0 saturated heterocycles. The minimum Gasteiger partial charge on any atom is -0.115 e. The fourth-order valence-electron chi connectivity index (χ4n) is 3.22. The molecule has 0 atom stereocenters. The number of allylic oxidation sites excluding steroid dienone is 2. The van der Waals surface area contributed by atoms with Crippen molar-refractivity contribution in [2.75, 3.05) is 0 Å². The van der Waals surface area contributed by atoms with E-state index in [0.717, 1.165) is 0 Å². The van der Waals surface area contributed by atoms with Gasteiger partial charge in [-0.2, -0.15) is 0 Å². The van der Waals surface area contributed by atoms with Gasteiger partial charge in [-0.1, -0.05) is 24.3 Å². The van der Waals surface area contributed by atoms with Gasteiger partial charge in [0.1, 0.15) is 0 Å². The predicted molar refractivity (Wildman–Crippen MR) is 56.3 cm³/mol. The van der Waals surface area contributed by atoms with Gasteiger partial charge >= 0.3 is 0 Å². The third-order valence-electron chi connectivity index (χ3n) is 3.87. The zero-order valence-corrected chi connectivity index (χ0v) is 8.53. The molecule has 70 valence electrons. The van der Waals surface area contributed by atoms with Crippen LogP contribution in [0.2, 0.25) is 0 Å². The van der Waals surface area contributed by atoms with E-state index in [-0.39, 0.29) is 0 Å². The third kappa shape index (κ3) is 1.31. The first-order valence-electron chi connectivity index (χ1n) is 5.45. The first-order valence-corrected chi connectivity index (χ1v) is 5.45. The first-order chi connectivity index (χ1) is 6.28. The van der Waals surface area contributed by atoms with E-state index in [1.165, 1.54) is 56.1 Å². The molecule has 0 radical (unpaired) electrons. The van der Waals surface area contributed by atoms with Crippen molar-refractivity contribution in [3.05, 3.63) is 11.1 Å². The van der Waals surface area contributed by atoms with Crippen molar-refractivity contribution in [1.82, 2.24) is 0 Å². The van der Waals surface area contributed by atoms with Crippen molar-refractivity contribution in [3.63, 3.8) is 0 Å². The highest BCUT2D eigenvalue weighted by atomic mass is 14.4. The van der Waals surface area contributed by atoms with Gasteiger partial charge in [0.05, 0.1) is 0 Å². The summed E-state index contributed by atoms with van der Waals surface area (Å²) in [5, 5.41) is 0. The second-order valence-electron chi connectivity index (χ2n) is 4.64. The second-order valence-corrected chi connectivity index (χ2v) is 4.64. The summed E-state index contributed by atoms with van der Waals surface area (Å²) in [6, 6.07) is 0. The van der Waals surface area contributed by atoms with Gasteiger partial charge in [0.2, 0.25) is 0 Å². The summed E-state index contributed by atoms with van der Waals surface area (Å²) in [5.41, 5.74) is 3.32. The largest absolute Gasteiger partial charge is 0.115 e. The SMILES string of the molecule is C#CC1=C(C)CCCC12CCCC2. The summed E-state index contributed by atoms with van der Waals surface area (Å²) >= 11 is 0. The maximum Gasteiger partial charge on any atom is 0.00687 e. The van der Waals surface area contributed by atoms with Crippen LogP contribution in [-0.4, -0.2) is 0 Å². The van der Waals surface area contributed by atoms with E-state index in [0.29, 0.717) is 5.41 Å². The van der Waals surface area contributed by atoms with Crippen LogP contribution in [0.4, 0.5) is 0 Å². The van der Waals surface area contributed by atoms with Crippen LogP contribution < -0.4 is 0 Å². The monoisotopic (exact) mass is 174 g/mol. The normalized spacial score (nSPS) is 26.5. The van der Waals surface area contributed by atoms with Gasteiger partial charge < -0.3 is 0 Å². The smallest absolute Gasteiger partial charge is 0.00687 e. The maximum atomic E-state index is 5.64. The molecule has 0 aromatic rings. The zero-order chi connectivity index (χ0) is 9.31. The molecule has 0 N–H and O–H groups in total. The Morgan fingerprint density at radius 2 is 1.77 bits per heavy atom. The van der Waals surface area contributed by atoms with E-state index >= 15 is 0 Å². The van der Waals surface area contributed by atoms with Crippen LogP contribution in [0.1, 0.15) is 51.9 Å². The Bertz CT molecular complexity index is 269. The molecule has 1 spiro atoms. The molecule has 0 aromatic heterocycles. The Morgan fingerprint density at radius 3 is 2.38 bits per heavy atom. The molecule has 0 heterocycles. The summed E-state index contributed by atoms with van der Waals surface area (Å²) in [6.45, 7) is 2.23. The lowest BCUT2D eigenvalue weighted by atomic mass is 9.69. The van der Waals surface area contributed by atoms with Crippen LogP contribution in [-0.2, 0) is 0 Å². The molecular formula is C13H18. The highest BCUT2D eigenvalue weighted by Gasteiger charge is 2.39. The zero-order valence-electron chi connectivity index (χ0n) is 8.53. The fraction of sp³-hybridized carbons (Fsp3) is 0.692. The van der Waals surface area contributed by atoms with Gasteiger partial charge in [-0.3, -0.25) is 0 Å². The summed E-state index contributed by atoms with van der Waals surface area (Å²) in [7, 11) is 0. The molecule has 1 fully saturated rings. The van der Waals surface area contributed by atoms with Crippen LogP contribution in [0.15, 0.2) is 11.1 Å². The predicted octanol–water partition coefficient (Wildman–Crippen LogP) is 3.68. The summed E-state index contributed by atoms with van der Waals surface area (Å²) in [5.74, 6) is 2.97. The average Bonchev–Trinajstić information content (AvgIpc) is 2.54. The second kappa shape index (κ2) is 3.22. The standard InChI is InChI=1S/C13H18/c1-3-12-11(2)7-6-10-13(12)8-4-5-9-13/h1H,4-10H2,2H3. The highest BCUT2D eigenvalue weighted by Crippen LogP contribution is 2.51. The minimum absolute atomic E-state index is 0.455. The van der Waals surface area contributed by atoms with Crippen molar-refractivity contribution >= 4 is 0 Å². The third-order valence-corrected chi connectivity index (χ3v) is 3.87. The number of hydrogen-bond donors (Lipinski definition) is 0. The molecule has 1 saturated carbocycles. The van der Waals surface area contributed by atoms with Crippen LogP contribution in [0.3, 0.4) is 0 Å². The van der Waals surface area contributed by atoms with Gasteiger partial charge in [-0.25, -0.2) is 0 Å². The number of terminal acetylenes is 1. The Hall–Kier alpha value is -0.700. The van der Waals surface area contributed by atoms with Gasteiger partial charge in [0, 0.05) is 11.0 Å². The Kier molecular flexibility index (Phi) is 2.20. The topological polar surface area (TPSA) is 0 Å². The van der Waals surface area contributed by atoms with Crippen molar-refractivity contribution in [2.24, 2.45) is 5.41 Å². The molecule has 2 aliphatic rings. The first kappa shape index (κ1) is 8.88. The fourth-order valence-corrected chi connectivity index (χ4v) is 3.22. The van der Waals surface area contributed by atoms with E-state index in [4.69, 9.17) is 6.42 Å². The molecule has 0 heteroatoms. The lowest BCUT2D eigenvalue weighted by Crippen LogP contribution is -2.23. The van der Waals surface area contributed by atoms with Gasteiger partial charge in [-0.15, -0.1) is 6.42 Å². The Balaban J connectivity index is 2.37. The van der Waals surface area contributed by atoms with Crippen molar-refractivity contribution < 1.29 is 0 Å². The molecule has 0 aliphatic heterocycles. The van der Waals surface area contributed by atoms with Crippen molar-refractivity contribution in [1.29, 1.82) is 0 Å². The van der Waals surface area contributed by atoms with Crippen LogP contribution in [0.5, 0.6) is 0 Å². The van der Waals surface area contributed by atoms with Gasteiger partial charge in [0.25, 0.3) is 0 Å². The van der Waals surface area contributed by atoms with E-state index in [1.54, 1.807) is 0 Å². The Morgan fingerprint density at radius 1 is 1.15 bits per heavy atom. The quantitative estimate of drug-likeness (QED) is 0.491. The molecule has 2 rings (SSSR count). The maximum absolute atomic E-state index is 5.64. The Labute approximate surface area is 81.4 Å². The van der Waals surface area contributed by atoms with Crippen LogP contribution in [0, 0.1) is 17.8 Å². The molecule has 0 aromatic carbocycles. The van der Waals surface area contributed by atoms with Crippen LogP contribution >= 0.6 is 0 Å². The van der Waals surface area contributed by atoms with E-state index < -0.39 is 0 Å². The molecular weight excluding hydrogens is 156 g/mol. The summed E-state index contributed by atoms with van der Waals surface area (Å²) in [6.07, 6.45) is 15.1. The molecule has 0 nitrogen and oxygen atoms in total. The van der Waals surface area contributed by atoms with Gasteiger partial charge in [0.15, 0.2) is 0 Å². The molecule has 0 unspecified atom stereocenters. The van der Waals surface area contributed by atoms with E-state index in [9.17, 15) is 0 Å². The molecule has 13 heavy (non-hydrogen) atoms. The average molecular weight is 174 g/mol. The lowest BCUT2D eigenvalue weighted by molar-refractivity contribution is 0.317. The van der Waals surface area contributed by atoms with Crippen LogP contribution in [0.25, 0.3) is 0 Å². The molecule has 0 bridgehead atoms. The summed E-state index contributed by atoms with van der Waals surface area (Å²) in [4.78, 5) is 0. The van der Waals surface area contributed by atoms with Crippen molar-refractivity contribution in [3.8, 4) is 12.3 Å². The minimum atomic E-state index is 0.455. The number of rotatable bonds is 0. The van der Waals surface area contributed by atoms with Crippen molar-refractivity contribution in [2.45, 2.75) is 51.9 Å². The highest BCUT2D eigenvalue weighted by molar-refractivity contribution is 5.39. The molecule has 2 aliphatic carbocycles. The lowest BCUT2D eigenvalue weighted by Gasteiger charge is -2.34. The summed E-state index contributed by atoms with van der Waals surface area (Å²) < 4.78 is 0. The van der Waals surface area contributed by atoms with E-state index in [2.05, 4.69) is 12.8 Å². The number of hydrogen-bond acceptors (Lipinski definition) is 0.